The maximum Gasteiger partial charge on any atom is 0.337 e. The summed E-state index contributed by atoms with van der Waals surface area (Å²) in [6.07, 6.45) is 0. The lowest BCUT2D eigenvalue weighted by molar-refractivity contribution is 0.0692. The van der Waals surface area contributed by atoms with Gasteiger partial charge in [-0.05, 0) is 19.1 Å². The van der Waals surface area contributed by atoms with E-state index in [-0.39, 0.29) is 42.7 Å². The van der Waals surface area contributed by atoms with Crippen molar-refractivity contribution in [1.29, 1.82) is 0 Å². The quantitative estimate of drug-likeness (QED) is 0.825. The number of rotatable bonds is 4. The zero-order valence-corrected chi connectivity index (χ0v) is 13.5. The third-order valence-electron chi connectivity index (χ3n) is 3.59. The van der Waals surface area contributed by atoms with Crippen molar-refractivity contribution in [3.05, 3.63) is 29.8 Å². The summed E-state index contributed by atoms with van der Waals surface area (Å²) in [5, 5.41) is 11.8. The number of aromatic carboxylic acids is 1. The van der Waals surface area contributed by atoms with E-state index < -0.39 is 16.0 Å². The number of benzene rings is 1. The zero-order chi connectivity index (χ0) is 17.0. The molecule has 0 radical (unpaired) electrons. The number of sulfonamides is 1. The lowest BCUT2D eigenvalue weighted by Crippen LogP contribution is -2.53. The minimum atomic E-state index is -3.90. The monoisotopic (exact) mass is 341 g/mol. The van der Waals surface area contributed by atoms with E-state index in [0.717, 1.165) is 0 Å². The number of hydrogen-bond donors (Lipinski definition) is 2. The van der Waals surface area contributed by atoms with Gasteiger partial charge in [-0.15, -0.1) is 0 Å². The summed E-state index contributed by atoms with van der Waals surface area (Å²) in [7, 11) is -3.90. The van der Waals surface area contributed by atoms with Gasteiger partial charge in [-0.25, -0.2) is 18.0 Å². The molecule has 0 spiro atoms. The van der Waals surface area contributed by atoms with Crippen LogP contribution in [0.1, 0.15) is 17.3 Å². The van der Waals surface area contributed by atoms with Crippen LogP contribution in [0.5, 0.6) is 0 Å². The molecule has 1 fully saturated rings. The number of carbonyl (C=O) groups excluding carboxylic acids is 1. The number of carboxylic acids is 1. The van der Waals surface area contributed by atoms with Crippen LogP contribution in [0, 0.1) is 0 Å². The zero-order valence-electron chi connectivity index (χ0n) is 12.7. The Morgan fingerprint density at radius 1 is 1.17 bits per heavy atom. The lowest BCUT2D eigenvalue weighted by atomic mass is 10.2. The Morgan fingerprint density at radius 2 is 1.78 bits per heavy atom. The van der Waals surface area contributed by atoms with Gasteiger partial charge in [-0.1, -0.05) is 12.1 Å². The highest BCUT2D eigenvalue weighted by Gasteiger charge is 2.32. The standard InChI is InChI=1S/C14H19N3O5S/c1-2-15-14(20)16-7-9-17(10-8-16)23(21,22)12-6-4-3-5-11(12)13(18)19/h3-6H,2,7-10H2,1H3,(H,15,20)(H,18,19). The van der Waals surface area contributed by atoms with Crippen LogP contribution in [0.3, 0.4) is 0 Å². The molecule has 2 rings (SSSR count). The maximum atomic E-state index is 12.7. The van der Waals surface area contributed by atoms with E-state index in [9.17, 15) is 18.0 Å². The van der Waals surface area contributed by atoms with E-state index >= 15 is 0 Å². The molecule has 1 saturated heterocycles. The highest BCUT2D eigenvalue weighted by molar-refractivity contribution is 7.89. The lowest BCUT2D eigenvalue weighted by Gasteiger charge is -2.34. The van der Waals surface area contributed by atoms with Crippen molar-refractivity contribution in [3.8, 4) is 0 Å². The van der Waals surface area contributed by atoms with Gasteiger partial charge in [0.05, 0.1) is 10.5 Å². The molecule has 1 heterocycles. The van der Waals surface area contributed by atoms with Crippen LogP contribution in [0.15, 0.2) is 29.2 Å². The molecule has 1 aliphatic heterocycles. The third-order valence-corrected chi connectivity index (χ3v) is 5.55. The molecule has 0 saturated carbocycles. The fraction of sp³-hybridized carbons (Fsp3) is 0.429. The Morgan fingerprint density at radius 3 is 2.35 bits per heavy atom. The van der Waals surface area contributed by atoms with Crippen molar-refractivity contribution >= 4 is 22.0 Å². The number of nitrogens with one attached hydrogen (secondary N) is 1. The number of nitrogens with zero attached hydrogens (tertiary/aromatic N) is 2. The number of hydrogen-bond acceptors (Lipinski definition) is 4. The Labute approximate surface area is 134 Å². The summed E-state index contributed by atoms with van der Waals surface area (Å²) in [6, 6.07) is 5.30. The molecule has 1 aromatic rings. The summed E-state index contributed by atoms with van der Waals surface area (Å²) in [5.41, 5.74) is -0.251. The summed E-state index contributed by atoms with van der Waals surface area (Å²) in [4.78, 5) is 24.3. The minimum Gasteiger partial charge on any atom is -0.478 e. The van der Waals surface area contributed by atoms with Crippen LogP contribution in [-0.4, -0.2) is 67.5 Å². The molecule has 23 heavy (non-hydrogen) atoms. The van der Waals surface area contributed by atoms with Crippen molar-refractivity contribution < 1.29 is 23.1 Å². The predicted octanol–water partition coefficient (Wildman–Crippen LogP) is 0.421. The first-order valence-electron chi connectivity index (χ1n) is 7.23. The number of carbonyl (C=O) groups is 2. The first kappa shape index (κ1) is 17.2. The molecule has 0 bridgehead atoms. The van der Waals surface area contributed by atoms with Gasteiger partial charge in [-0.2, -0.15) is 4.31 Å². The Bertz CT molecular complexity index is 696. The molecule has 8 nitrogen and oxygen atoms in total. The molecular weight excluding hydrogens is 322 g/mol. The van der Waals surface area contributed by atoms with Crippen molar-refractivity contribution in [1.82, 2.24) is 14.5 Å². The SMILES string of the molecule is CCNC(=O)N1CCN(S(=O)(=O)c2ccccc2C(=O)O)CC1. The average molecular weight is 341 g/mol. The largest absolute Gasteiger partial charge is 0.478 e. The molecule has 0 aromatic heterocycles. The van der Waals surface area contributed by atoms with E-state index in [0.29, 0.717) is 6.54 Å². The Kier molecular flexibility index (Phi) is 5.22. The second-order valence-electron chi connectivity index (χ2n) is 5.03. The number of carboxylic acid groups (broad SMARTS) is 1. The van der Waals surface area contributed by atoms with Crippen molar-refractivity contribution in [2.75, 3.05) is 32.7 Å². The van der Waals surface area contributed by atoms with E-state index in [1.807, 2.05) is 0 Å². The maximum absolute atomic E-state index is 12.7. The summed E-state index contributed by atoms with van der Waals surface area (Å²) in [6.45, 7) is 3.10. The van der Waals surface area contributed by atoms with E-state index in [2.05, 4.69) is 5.32 Å². The predicted molar refractivity (Wildman–Crippen MR) is 82.8 cm³/mol. The van der Waals surface area contributed by atoms with Gasteiger partial charge in [0, 0.05) is 32.7 Å². The number of piperazine rings is 1. The molecular formula is C14H19N3O5S. The van der Waals surface area contributed by atoms with Crippen LogP contribution in [0.4, 0.5) is 4.79 Å². The molecule has 1 aliphatic rings. The second-order valence-corrected chi connectivity index (χ2v) is 6.93. The number of urea groups is 1. The van der Waals surface area contributed by atoms with Gasteiger partial charge in [0.2, 0.25) is 10.0 Å². The van der Waals surface area contributed by atoms with Crippen LogP contribution < -0.4 is 5.32 Å². The summed E-state index contributed by atoms with van der Waals surface area (Å²) >= 11 is 0. The van der Waals surface area contributed by atoms with Gasteiger partial charge in [-0.3, -0.25) is 0 Å². The Hall–Kier alpha value is -2.13. The van der Waals surface area contributed by atoms with Crippen molar-refractivity contribution in [3.63, 3.8) is 0 Å². The topological polar surface area (TPSA) is 107 Å². The fourth-order valence-corrected chi connectivity index (χ4v) is 4.01. The highest BCUT2D eigenvalue weighted by atomic mass is 32.2. The van der Waals surface area contributed by atoms with Crippen LogP contribution in [0.2, 0.25) is 0 Å². The number of amides is 2. The van der Waals surface area contributed by atoms with Crippen molar-refractivity contribution in [2.24, 2.45) is 0 Å². The van der Waals surface area contributed by atoms with Gasteiger partial charge in [0.15, 0.2) is 0 Å². The van der Waals surface area contributed by atoms with Crippen molar-refractivity contribution in [2.45, 2.75) is 11.8 Å². The first-order valence-corrected chi connectivity index (χ1v) is 8.67. The molecule has 2 amide bonds. The van der Waals surface area contributed by atoms with Gasteiger partial charge in [0.1, 0.15) is 0 Å². The second kappa shape index (κ2) is 6.97. The molecule has 0 unspecified atom stereocenters. The highest BCUT2D eigenvalue weighted by Crippen LogP contribution is 2.21. The molecule has 1 aromatic carbocycles. The molecule has 0 aliphatic carbocycles. The first-order chi connectivity index (χ1) is 10.9. The van der Waals surface area contributed by atoms with E-state index in [4.69, 9.17) is 5.11 Å². The van der Waals surface area contributed by atoms with Crippen LogP contribution >= 0.6 is 0 Å². The third kappa shape index (κ3) is 3.62. The van der Waals surface area contributed by atoms with Gasteiger partial charge < -0.3 is 15.3 Å². The summed E-state index contributed by atoms with van der Waals surface area (Å²) in [5.74, 6) is -1.29. The van der Waals surface area contributed by atoms with E-state index in [1.54, 1.807) is 11.8 Å². The molecule has 126 valence electrons. The van der Waals surface area contributed by atoms with Gasteiger partial charge >= 0.3 is 12.0 Å². The van der Waals surface area contributed by atoms with Gasteiger partial charge in [0.25, 0.3) is 0 Å². The minimum absolute atomic E-state index is 0.132. The smallest absolute Gasteiger partial charge is 0.337 e. The molecule has 0 atom stereocenters. The van der Waals surface area contributed by atoms with Crippen LogP contribution in [-0.2, 0) is 10.0 Å². The van der Waals surface area contributed by atoms with E-state index in [1.165, 1.54) is 28.6 Å². The summed E-state index contributed by atoms with van der Waals surface area (Å²) < 4.78 is 26.5. The normalized spacial score (nSPS) is 16.1. The average Bonchev–Trinajstić information content (AvgIpc) is 2.55. The Balaban J connectivity index is 2.17. The molecule has 2 N–H and O–H groups in total. The molecule has 9 heteroatoms. The fourth-order valence-electron chi connectivity index (χ4n) is 2.40. The van der Waals surface area contributed by atoms with Crippen LogP contribution in [0.25, 0.3) is 0 Å².